The lowest BCUT2D eigenvalue weighted by atomic mass is 9.67. The Kier molecular flexibility index (Phi) is 10.4. The molecule has 1 spiro atoms. The number of amides is 1. The van der Waals surface area contributed by atoms with E-state index in [1.54, 1.807) is 0 Å². The maximum Gasteiger partial charge on any atom is 0.416 e. The highest BCUT2D eigenvalue weighted by molar-refractivity contribution is 5.94. The van der Waals surface area contributed by atoms with Crippen molar-refractivity contribution in [3.05, 3.63) is 76.6 Å². The highest BCUT2D eigenvalue weighted by Gasteiger charge is 2.61. The number of carboxylic acids is 1. The first-order chi connectivity index (χ1) is 26.0. The lowest BCUT2D eigenvalue weighted by Gasteiger charge is -2.46. The normalized spacial score (nSPS) is 34.9. The molecule has 5 aliphatic carbocycles. The van der Waals surface area contributed by atoms with E-state index in [9.17, 15) is 41.8 Å². The number of allylic oxidation sites excluding steroid dienone is 1. The monoisotopic (exact) mass is 766 g/mol. The van der Waals surface area contributed by atoms with Gasteiger partial charge in [0.05, 0.1) is 16.9 Å². The first-order valence-electron chi connectivity index (χ1n) is 19.6. The number of carboxylic acid groups (broad SMARTS) is 1. The summed E-state index contributed by atoms with van der Waals surface area (Å²) in [5.41, 5.74) is 0.447. The molecule has 55 heavy (non-hydrogen) atoms. The number of hydrogen-bond acceptors (Lipinski definition) is 6. The molecule has 8 rings (SSSR count). The van der Waals surface area contributed by atoms with Crippen molar-refractivity contribution < 1.29 is 47.0 Å². The number of aliphatic hydroxyl groups is 1. The minimum atomic E-state index is -4.66. The second-order valence-corrected chi connectivity index (χ2v) is 17.2. The number of carbonyl (C=O) groups is 4. The maximum absolute atomic E-state index is 13.9. The quantitative estimate of drug-likeness (QED) is 0.236. The average Bonchev–Trinajstić information content (AvgIpc) is 4.00. The van der Waals surface area contributed by atoms with Gasteiger partial charge < -0.3 is 15.5 Å². The number of halogens is 4. The predicted octanol–water partition coefficient (Wildman–Crippen LogP) is 6.97. The molecule has 2 aromatic carbocycles. The van der Waals surface area contributed by atoms with Crippen molar-refractivity contribution in [3.8, 4) is 0 Å². The lowest BCUT2D eigenvalue weighted by Crippen LogP contribution is -2.51. The summed E-state index contributed by atoms with van der Waals surface area (Å²) in [5.74, 6) is -1.89. The number of nitrogens with zero attached hydrogens (tertiary/aromatic N) is 1. The summed E-state index contributed by atoms with van der Waals surface area (Å²) in [4.78, 5) is 49.9. The SMILES string of the molecule is CC(=O)C1(C2CC2C(=O)O)CCC(=O)C1.C[C@H]1CN(C2CCC(C(=O)NCc3cc(F)cc(C(F)(F)F)c3)(C3CC3CO)C2)CC[C@@]12C=Cc1ccccc12. The zero-order valence-electron chi connectivity index (χ0n) is 31.3. The van der Waals surface area contributed by atoms with Crippen LogP contribution in [0.15, 0.2) is 48.5 Å². The van der Waals surface area contributed by atoms with Crippen LogP contribution in [0.3, 0.4) is 0 Å². The van der Waals surface area contributed by atoms with Crippen molar-refractivity contribution in [3.63, 3.8) is 0 Å². The number of ketones is 2. The molecule has 6 aliphatic rings. The Morgan fingerprint density at radius 3 is 2.40 bits per heavy atom. The van der Waals surface area contributed by atoms with Gasteiger partial charge in [0, 0.05) is 49.4 Å². The fourth-order valence-corrected chi connectivity index (χ4v) is 10.9. The number of carbonyl (C=O) groups excluding carboxylic acids is 3. The number of piperidine rings is 1. The number of benzene rings is 2. The fourth-order valence-electron chi connectivity index (χ4n) is 10.9. The Morgan fingerprint density at radius 2 is 1.78 bits per heavy atom. The van der Waals surface area contributed by atoms with Crippen molar-refractivity contribution in [2.75, 3.05) is 19.7 Å². The second-order valence-electron chi connectivity index (χ2n) is 17.2. The number of rotatable bonds is 9. The van der Waals surface area contributed by atoms with E-state index < -0.39 is 40.3 Å². The molecule has 0 radical (unpaired) electrons. The molecule has 9 atom stereocenters. The van der Waals surface area contributed by atoms with Crippen LogP contribution in [0.5, 0.6) is 0 Å². The molecule has 2 aromatic rings. The summed E-state index contributed by atoms with van der Waals surface area (Å²) < 4.78 is 53.5. The number of likely N-dealkylation sites (tertiary alicyclic amines) is 1. The smallest absolute Gasteiger partial charge is 0.416 e. The zero-order chi connectivity index (χ0) is 39.5. The van der Waals surface area contributed by atoms with Crippen LogP contribution in [0.4, 0.5) is 17.6 Å². The van der Waals surface area contributed by atoms with Gasteiger partial charge in [0.1, 0.15) is 17.4 Å². The van der Waals surface area contributed by atoms with Crippen LogP contribution in [0.1, 0.15) is 93.9 Å². The summed E-state index contributed by atoms with van der Waals surface area (Å²) >= 11 is 0. The van der Waals surface area contributed by atoms with Crippen molar-refractivity contribution in [1.29, 1.82) is 0 Å². The number of alkyl halides is 3. The van der Waals surface area contributed by atoms with E-state index in [1.165, 1.54) is 18.1 Å². The zero-order valence-corrected chi connectivity index (χ0v) is 31.3. The van der Waals surface area contributed by atoms with Gasteiger partial charge in [0.25, 0.3) is 0 Å². The van der Waals surface area contributed by atoms with Crippen LogP contribution < -0.4 is 5.32 Å². The predicted molar refractivity (Wildman–Crippen MR) is 196 cm³/mol. The molecule has 1 aliphatic heterocycles. The van der Waals surface area contributed by atoms with Gasteiger partial charge in [-0.3, -0.25) is 24.1 Å². The van der Waals surface area contributed by atoms with E-state index in [0.717, 1.165) is 44.5 Å². The fraction of sp³-hybridized carbons (Fsp3) is 0.581. The average molecular weight is 767 g/mol. The molecule has 4 saturated carbocycles. The highest BCUT2D eigenvalue weighted by Crippen LogP contribution is 2.60. The molecule has 1 saturated heterocycles. The van der Waals surface area contributed by atoms with Gasteiger partial charge in [-0.25, -0.2) is 4.39 Å². The molecule has 5 fully saturated rings. The van der Waals surface area contributed by atoms with Gasteiger partial charge in [-0.1, -0.05) is 43.3 Å². The van der Waals surface area contributed by atoms with Crippen LogP contribution in [-0.2, 0) is 37.3 Å². The lowest BCUT2D eigenvalue weighted by molar-refractivity contribution is -0.140. The first kappa shape index (κ1) is 39.3. The summed E-state index contributed by atoms with van der Waals surface area (Å²) in [6.07, 6.45) is 5.76. The first-order valence-corrected chi connectivity index (χ1v) is 19.6. The Morgan fingerprint density at radius 1 is 1.02 bits per heavy atom. The van der Waals surface area contributed by atoms with Crippen LogP contribution in [0, 0.1) is 46.2 Å². The molecule has 12 heteroatoms. The van der Waals surface area contributed by atoms with Crippen LogP contribution in [-0.4, -0.2) is 64.3 Å². The highest BCUT2D eigenvalue weighted by atomic mass is 19.4. The van der Waals surface area contributed by atoms with Crippen molar-refractivity contribution in [2.24, 2.45) is 40.4 Å². The van der Waals surface area contributed by atoms with Crippen LogP contribution >= 0.6 is 0 Å². The molecular formula is C43H50F4N2O6. The van der Waals surface area contributed by atoms with Gasteiger partial charge in [0.15, 0.2) is 0 Å². The Balaban J connectivity index is 0.000000259. The number of fused-ring (bicyclic) bond motifs is 2. The van der Waals surface area contributed by atoms with Gasteiger partial charge in [-0.05, 0) is 117 Å². The molecule has 7 unspecified atom stereocenters. The van der Waals surface area contributed by atoms with E-state index in [1.807, 2.05) is 0 Å². The largest absolute Gasteiger partial charge is 0.481 e. The number of nitrogens with one attached hydrogen (secondary N) is 1. The molecule has 1 heterocycles. The molecule has 3 N–H and O–H groups in total. The summed E-state index contributed by atoms with van der Waals surface area (Å²) in [6.45, 7) is 5.51. The summed E-state index contributed by atoms with van der Waals surface area (Å²) in [7, 11) is 0. The third-order valence-corrected chi connectivity index (χ3v) is 14.2. The summed E-state index contributed by atoms with van der Waals surface area (Å²) in [5, 5.41) is 21.5. The van der Waals surface area contributed by atoms with Gasteiger partial charge >= 0.3 is 12.1 Å². The van der Waals surface area contributed by atoms with E-state index in [4.69, 9.17) is 5.11 Å². The molecular weight excluding hydrogens is 716 g/mol. The van der Waals surface area contributed by atoms with E-state index in [0.29, 0.717) is 44.1 Å². The topological polar surface area (TPSA) is 124 Å². The maximum atomic E-state index is 13.9. The second kappa shape index (κ2) is 14.6. The number of hydrogen-bond donors (Lipinski definition) is 3. The van der Waals surface area contributed by atoms with Gasteiger partial charge in [0.2, 0.25) is 5.91 Å². The number of aliphatic hydroxyl groups excluding tert-OH is 1. The molecule has 0 aromatic heterocycles. The van der Waals surface area contributed by atoms with E-state index in [-0.39, 0.29) is 71.8 Å². The Hall–Kier alpha value is -3.90. The van der Waals surface area contributed by atoms with Gasteiger partial charge in [-0.15, -0.1) is 0 Å². The third kappa shape index (κ3) is 7.29. The van der Waals surface area contributed by atoms with E-state index >= 15 is 0 Å². The Labute approximate surface area is 318 Å². The van der Waals surface area contributed by atoms with Gasteiger partial charge in [-0.2, -0.15) is 13.2 Å². The van der Waals surface area contributed by atoms with Crippen LogP contribution in [0.25, 0.3) is 6.08 Å². The number of Topliss-reactive ketones (excluding diaryl/α,β-unsaturated/α-hetero) is 2. The molecule has 0 bridgehead atoms. The van der Waals surface area contributed by atoms with Crippen LogP contribution in [0.2, 0.25) is 0 Å². The minimum Gasteiger partial charge on any atom is -0.481 e. The Bertz CT molecular complexity index is 1900. The third-order valence-electron chi connectivity index (χ3n) is 14.2. The number of aliphatic carboxylic acids is 1. The molecule has 296 valence electrons. The summed E-state index contributed by atoms with van der Waals surface area (Å²) in [6, 6.07) is 11.2. The van der Waals surface area contributed by atoms with Crippen molar-refractivity contribution in [1.82, 2.24) is 10.2 Å². The van der Waals surface area contributed by atoms with Crippen molar-refractivity contribution in [2.45, 2.75) is 95.8 Å². The molecule has 8 nitrogen and oxygen atoms in total. The van der Waals surface area contributed by atoms with E-state index in [2.05, 4.69) is 53.6 Å². The molecule has 1 amide bonds. The van der Waals surface area contributed by atoms with Crippen molar-refractivity contribution >= 4 is 29.5 Å². The minimum absolute atomic E-state index is 0.0119. The standard InChI is InChI=1S/C32H36F4N2O2.C11H14O4/c1-20-18-38(11-10-30(20)8-6-22-4-2-3-5-27(22)30)26-7-9-31(16-26,28-14-23(28)19-39)29(40)37-17-21-12-24(32(34,35)36)15-25(33)13-21;1-6(12)11(3-2-7(13)5-11)9-4-8(9)10(14)15/h2-6,8,12-13,15,20,23,26,28,39H,7,9-11,14,16-19H2,1H3,(H,37,40);8-9H,2-5H2,1H3,(H,14,15)/t20-,23?,26?,28?,30-,31?;/m0./s1.